The largest absolute Gasteiger partial charge is 0.493 e. The molecule has 0 radical (unpaired) electrons. The summed E-state index contributed by atoms with van der Waals surface area (Å²) in [4.78, 5) is 2.45. The van der Waals surface area contributed by atoms with Gasteiger partial charge in [-0.15, -0.1) is 12.4 Å². The normalized spacial score (nSPS) is 16.0. The fourth-order valence-corrected chi connectivity index (χ4v) is 4.15. The Morgan fingerprint density at radius 1 is 0.871 bits per heavy atom. The second-order valence-corrected chi connectivity index (χ2v) is 8.08. The van der Waals surface area contributed by atoms with Crippen LogP contribution < -0.4 is 9.47 Å². The first-order chi connectivity index (χ1) is 14.8. The van der Waals surface area contributed by atoms with E-state index in [4.69, 9.17) is 9.47 Å². The lowest BCUT2D eigenvalue weighted by molar-refractivity contribution is 0.232. The Balaban J connectivity index is 0.00000272. The quantitative estimate of drug-likeness (QED) is 0.379. The molecule has 0 N–H and O–H groups in total. The fourth-order valence-electron chi connectivity index (χ4n) is 4.15. The summed E-state index contributed by atoms with van der Waals surface area (Å²) in [5.41, 5.74) is 2.54. The molecule has 1 atom stereocenters. The number of hydrogen-bond donors (Lipinski definition) is 0. The zero-order valence-electron chi connectivity index (χ0n) is 18.2. The van der Waals surface area contributed by atoms with Crippen LogP contribution >= 0.6 is 12.4 Å². The van der Waals surface area contributed by atoms with Gasteiger partial charge in [-0.1, -0.05) is 48.5 Å². The summed E-state index contributed by atoms with van der Waals surface area (Å²) in [7, 11) is 2.22. The van der Waals surface area contributed by atoms with E-state index in [-0.39, 0.29) is 12.4 Å². The zero-order chi connectivity index (χ0) is 20.6. The van der Waals surface area contributed by atoms with Gasteiger partial charge in [-0.25, -0.2) is 0 Å². The molecule has 0 amide bonds. The highest BCUT2D eigenvalue weighted by Gasteiger charge is 2.20. The van der Waals surface area contributed by atoms with Crippen molar-refractivity contribution in [1.29, 1.82) is 0 Å². The Hall–Kier alpha value is -2.49. The highest BCUT2D eigenvalue weighted by Crippen LogP contribution is 2.29. The van der Waals surface area contributed by atoms with Crippen molar-refractivity contribution in [3.8, 4) is 17.2 Å². The Morgan fingerprint density at radius 2 is 1.61 bits per heavy atom. The van der Waals surface area contributed by atoms with Crippen molar-refractivity contribution in [3.05, 3.63) is 90.0 Å². The van der Waals surface area contributed by atoms with Crippen LogP contribution in [0.3, 0.4) is 0 Å². The third-order valence-corrected chi connectivity index (χ3v) is 5.92. The predicted molar refractivity (Wildman–Crippen MR) is 130 cm³/mol. The number of para-hydroxylation sites is 1. The summed E-state index contributed by atoms with van der Waals surface area (Å²) < 4.78 is 12.3. The SMILES string of the molecule is CN1CCCC1CCOc1ccc(Oc2ccccc2)cc1CCc1ccccc1.Cl. The van der Waals surface area contributed by atoms with Gasteiger partial charge in [0, 0.05) is 6.04 Å². The summed E-state index contributed by atoms with van der Waals surface area (Å²) in [5.74, 6) is 2.68. The molecule has 4 heteroatoms. The van der Waals surface area contributed by atoms with E-state index in [2.05, 4.69) is 54.4 Å². The van der Waals surface area contributed by atoms with E-state index in [0.29, 0.717) is 6.04 Å². The van der Waals surface area contributed by atoms with E-state index in [1.807, 2.05) is 36.4 Å². The molecule has 3 aromatic carbocycles. The summed E-state index contributed by atoms with van der Waals surface area (Å²) in [6.07, 6.45) is 5.57. The van der Waals surface area contributed by atoms with Crippen molar-refractivity contribution >= 4 is 12.4 Å². The summed E-state index contributed by atoms with van der Waals surface area (Å²) >= 11 is 0. The molecule has 0 saturated carbocycles. The predicted octanol–water partition coefficient (Wildman–Crippen LogP) is 6.55. The first-order valence-electron chi connectivity index (χ1n) is 11.0. The van der Waals surface area contributed by atoms with Crippen LogP contribution in [0.4, 0.5) is 0 Å². The molecular weight excluding hydrogens is 406 g/mol. The van der Waals surface area contributed by atoms with Gasteiger partial charge in [-0.3, -0.25) is 0 Å². The number of nitrogens with zero attached hydrogens (tertiary/aromatic N) is 1. The smallest absolute Gasteiger partial charge is 0.127 e. The molecule has 0 bridgehead atoms. The van der Waals surface area contributed by atoms with Crippen molar-refractivity contribution < 1.29 is 9.47 Å². The van der Waals surface area contributed by atoms with Gasteiger partial charge in [-0.05, 0) is 87.2 Å². The molecule has 1 fully saturated rings. The molecular formula is C27H32ClNO2. The minimum absolute atomic E-state index is 0. The summed E-state index contributed by atoms with van der Waals surface area (Å²) in [6, 6.07) is 27.4. The van der Waals surface area contributed by atoms with Crippen LogP contribution in [0.5, 0.6) is 17.2 Å². The number of ether oxygens (including phenoxy) is 2. The topological polar surface area (TPSA) is 21.7 Å². The van der Waals surface area contributed by atoms with E-state index in [0.717, 1.165) is 43.1 Å². The Labute approximate surface area is 192 Å². The van der Waals surface area contributed by atoms with Crippen LogP contribution in [0, 0.1) is 0 Å². The second-order valence-electron chi connectivity index (χ2n) is 8.08. The molecule has 31 heavy (non-hydrogen) atoms. The maximum Gasteiger partial charge on any atom is 0.127 e. The minimum atomic E-state index is 0. The van der Waals surface area contributed by atoms with Gasteiger partial charge >= 0.3 is 0 Å². The monoisotopic (exact) mass is 437 g/mol. The molecule has 1 saturated heterocycles. The van der Waals surface area contributed by atoms with Crippen LogP contribution in [0.25, 0.3) is 0 Å². The third-order valence-electron chi connectivity index (χ3n) is 5.92. The number of benzene rings is 3. The maximum absolute atomic E-state index is 6.26. The molecule has 3 nitrogen and oxygen atoms in total. The zero-order valence-corrected chi connectivity index (χ0v) is 19.0. The second kappa shape index (κ2) is 11.8. The van der Waals surface area contributed by atoms with E-state index < -0.39 is 0 Å². The van der Waals surface area contributed by atoms with Gasteiger partial charge in [0.2, 0.25) is 0 Å². The van der Waals surface area contributed by atoms with E-state index >= 15 is 0 Å². The molecule has 1 heterocycles. The lowest BCUT2D eigenvalue weighted by Gasteiger charge is -2.20. The molecule has 3 aromatic rings. The van der Waals surface area contributed by atoms with Crippen molar-refractivity contribution in [3.63, 3.8) is 0 Å². The molecule has 1 aliphatic heterocycles. The van der Waals surface area contributed by atoms with E-state index in [1.165, 1.54) is 30.5 Å². The van der Waals surface area contributed by atoms with Crippen LogP contribution in [-0.2, 0) is 12.8 Å². The Morgan fingerprint density at radius 3 is 2.32 bits per heavy atom. The standard InChI is InChI=1S/C27H31NO2.ClH/c1-28-19-8-11-24(28)18-20-29-27-17-16-26(30-25-12-6-3-7-13-25)21-23(27)15-14-22-9-4-2-5-10-22;/h2-7,9-10,12-13,16-17,21,24H,8,11,14-15,18-20H2,1H3;1H. The molecule has 1 unspecified atom stereocenters. The first kappa shape index (κ1) is 23.2. The average Bonchev–Trinajstić information content (AvgIpc) is 3.19. The highest BCUT2D eigenvalue weighted by atomic mass is 35.5. The van der Waals surface area contributed by atoms with Gasteiger partial charge in [0.15, 0.2) is 0 Å². The van der Waals surface area contributed by atoms with Crippen molar-refractivity contribution in [2.24, 2.45) is 0 Å². The maximum atomic E-state index is 6.26. The van der Waals surface area contributed by atoms with Gasteiger partial charge < -0.3 is 14.4 Å². The van der Waals surface area contributed by atoms with Crippen LogP contribution in [0.2, 0.25) is 0 Å². The number of rotatable bonds is 9. The lowest BCUT2D eigenvalue weighted by Crippen LogP contribution is -2.26. The number of likely N-dealkylation sites (tertiary alicyclic amines) is 1. The van der Waals surface area contributed by atoms with Crippen molar-refractivity contribution in [2.75, 3.05) is 20.2 Å². The molecule has 4 rings (SSSR count). The summed E-state index contributed by atoms with van der Waals surface area (Å²) in [5, 5.41) is 0. The number of halogens is 1. The lowest BCUT2D eigenvalue weighted by atomic mass is 10.0. The molecule has 164 valence electrons. The van der Waals surface area contributed by atoms with Crippen molar-refractivity contribution in [1.82, 2.24) is 4.90 Å². The third kappa shape index (κ3) is 6.75. The fraction of sp³-hybridized carbons (Fsp3) is 0.333. The van der Waals surface area contributed by atoms with Crippen molar-refractivity contribution in [2.45, 2.75) is 38.1 Å². The summed E-state index contributed by atoms with van der Waals surface area (Å²) in [6.45, 7) is 1.96. The minimum Gasteiger partial charge on any atom is -0.493 e. The van der Waals surface area contributed by atoms with E-state index in [1.54, 1.807) is 0 Å². The molecule has 0 aliphatic carbocycles. The van der Waals surface area contributed by atoms with Gasteiger partial charge in [0.05, 0.1) is 6.61 Å². The number of hydrogen-bond acceptors (Lipinski definition) is 3. The highest BCUT2D eigenvalue weighted by molar-refractivity contribution is 5.85. The van der Waals surface area contributed by atoms with E-state index in [9.17, 15) is 0 Å². The average molecular weight is 438 g/mol. The van der Waals surface area contributed by atoms with Gasteiger partial charge in [0.25, 0.3) is 0 Å². The molecule has 0 aromatic heterocycles. The Kier molecular flexibility index (Phi) is 8.81. The first-order valence-corrected chi connectivity index (χ1v) is 11.0. The van der Waals surface area contributed by atoms with Crippen LogP contribution in [0.15, 0.2) is 78.9 Å². The van der Waals surface area contributed by atoms with Gasteiger partial charge in [-0.2, -0.15) is 0 Å². The number of aryl methyl sites for hydroxylation is 2. The van der Waals surface area contributed by atoms with Crippen LogP contribution in [0.1, 0.15) is 30.4 Å². The molecule has 0 spiro atoms. The molecule has 1 aliphatic rings. The van der Waals surface area contributed by atoms with Crippen LogP contribution in [-0.4, -0.2) is 31.1 Å². The van der Waals surface area contributed by atoms with Gasteiger partial charge in [0.1, 0.15) is 17.2 Å². The Bertz CT molecular complexity index is 917.